The number of carbonyl (C=O) groups excluding carboxylic acids is 1. The molecule has 18 heavy (non-hydrogen) atoms. The van der Waals surface area contributed by atoms with E-state index >= 15 is 0 Å². The van der Waals surface area contributed by atoms with E-state index in [2.05, 4.69) is 15.4 Å². The van der Waals surface area contributed by atoms with Crippen molar-refractivity contribution in [3.8, 4) is 0 Å². The first kappa shape index (κ1) is 12.8. The van der Waals surface area contributed by atoms with Crippen molar-refractivity contribution in [2.24, 2.45) is 0 Å². The summed E-state index contributed by atoms with van der Waals surface area (Å²) in [4.78, 5) is 11.2. The summed E-state index contributed by atoms with van der Waals surface area (Å²) in [5.41, 5.74) is 0.840. The lowest BCUT2D eigenvalue weighted by Crippen LogP contribution is -2.36. The molecule has 0 aromatic heterocycles. The zero-order valence-corrected chi connectivity index (χ0v) is 10.8. The van der Waals surface area contributed by atoms with Crippen LogP contribution in [0, 0.1) is 0 Å². The molecule has 1 saturated heterocycles. The molecule has 0 aliphatic carbocycles. The molecule has 0 bridgehead atoms. The Morgan fingerprint density at radius 1 is 1.28 bits per heavy atom. The lowest BCUT2D eigenvalue weighted by Gasteiger charge is -2.11. The van der Waals surface area contributed by atoms with Gasteiger partial charge in [0, 0.05) is 31.7 Å². The standard InChI is InChI=1S/C11H15N3O3S/c1-12-8-2-4-10(5-3-8)18(16,17)14-9-6-11(15)13-7-9/h2-5,9,12,14H,6-7H2,1H3,(H,13,15). The molecule has 1 fully saturated rings. The molecule has 1 aromatic carbocycles. The summed E-state index contributed by atoms with van der Waals surface area (Å²) in [6.45, 7) is 0.340. The first-order valence-corrected chi connectivity index (χ1v) is 7.06. The summed E-state index contributed by atoms with van der Waals surface area (Å²) in [6, 6.07) is 6.06. The highest BCUT2D eigenvalue weighted by Crippen LogP contribution is 2.14. The Bertz CT molecular complexity index is 539. The van der Waals surface area contributed by atoms with Gasteiger partial charge in [0.1, 0.15) is 0 Å². The average Bonchev–Trinajstić information content (AvgIpc) is 2.74. The first-order valence-electron chi connectivity index (χ1n) is 5.58. The predicted molar refractivity (Wildman–Crippen MR) is 67.7 cm³/mol. The van der Waals surface area contributed by atoms with E-state index in [-0.39, 0.29) is 23.3 Å². The minimum absolute atomic E-state index is 0.131. The Kier molecular flexibility index (Phi) is 3.53. The Hall–Kier alpha value is -1.60. The molecule has 0 radical (unpaired) electrons. The SMILES string of the molecule is CNc1ccc(S(=O)(=O)NC2CNC(=O)C2)cc1. The minimum Gasteiger partial charge on any atom is -0.388 e. The van der Waals surface area contributed by atoms with Crippen LogP contribution in [0.25, 0.3) is 0 Å². The molecule has 6 nitrogen and oxygen atoms in total. The van der Waals surface area contributed by atoms with Crippen molar-refractivity contribution in [2.45, 2.75) is 17.4 Å². The average molecular weight is 269 g/mol. The van der Waals surface area contributed by atoms with Gasteiger partial charge in [-0.25, -0.2) is 13.1 Å². The van der Waals surface area contributed by atoms with Gasteiger partial charge in [-0.2, -0.15) is 0 Å². The molecule has 1 aliphatic heterocycles. The minimum atomic E-state index is -3.56. The molecule has 1 unspecified atom stereocenters. The van der Waals surface area contributed by atoms with Gasteiger partial charge in [-0.05, 0) is 24.3 Å². The van der Waals surface area contributed by atoms with Crippen LogP contribution in [0.5, 0.6) is 0 Å². The molecule has 98 valence electrons. The Morgan fingerprint density at radius 2 is 1.94 bits per heavy atom. The van der Waals surface area contributed by atoms with Crippen molar-refractivity contribution in [1.82, 2.24) is 10.0 Å². The van der Waals surface area contributed by atoms with Crippen molar-refractivity contribution in [1.29, 1.82) is 0 Å². The van der Waals surface area contributed by atoms with E-state index in [4.69, 9.17) is 0 Å². The molecule has 1 atom stereocenters. The molecule has 7 heteroatoms. The van der Waals surface area contributed by atoms with E-state index in [1.54, 1.807) is 19.2 Å². The fourth-order valence-corrected chi connectivity index (χ4v) is 3.01. The van der Waals surface area contributed by atoms with Crippen LogP contribution in [-0.4, -0.2) is 34.0 Å². The monoisotopic (exact) mass is 269 g/mol. The number of carbonyl (C=O) groups is 1. The highest BCUT2D eigenvalue weighted by atomic mass is 32.2. The summed E-state index contributed by atoms with van der Waals surface area (Å²) in [7, 11) is -1.80. The molecule has 3 N–H and O–H groups in total. The summed E-state index contributed by atoms with van der Waals surface area (Å²) < 4.78 is 26.6. The number of rotatable bonds is 4. The van der Waals surface area contributed by atoms with Crippen molar-refractivity contribution in [3.05, 3.63) is 24.3 Å². The smallest absolute Gasteiger partial charge is 0.240 e. The molecular weight excluding hydrogens is 254 g/mol. The van der Waals surface area contributed by atoms with Crippen LogP contribution >= 0.6 is 0 Å². The van der Waals surface area contributed by atoms with Crippen LogP contribution in [0.4, 0.5) is 5.69 Å². The van der Waals surface area contributed by atoms with Gasteiger partial charge in [-0.1, -0.05) is 0 Å². The van der Waals surface area contributed by atoms with Gasteiger partial charge in [-0.15, -0.1) is 0 Å². The normalized spacial score (nSPS) is 19.6. The van der Waals surface area contributed by atoms with Gasteiger partial charge < -0.3 is 10.6 Å². The summed E-state index contributed by atoms with van der Waals surface area (Å²) in [5, 5.41) is 5.50. The molecule has 2 rings (SSSR count). The van der Waals surface area contributed by atoms with Gasteiger partial charge in [0.2, 0.25) is 15.9 Å². The third kappa shape index (κ3) is 2.80. The van der Waals surface area contributed by atoms with Gasteiger partial charge in [0.25, 0.3) is 0 Å². The number of amides is 1. The van der Waals surface area contributed by atoms with E-state index in [1.165, 1.54) is 12.1 Å². The van der Waals surface area contributed by atoms with E-state index < -0.39 is 10.0 Å². The summed E-state index contributed by atoms with van der Waals surface area (Å²) in [6.07, 6.45) is 0.188. The molecule has 1 aliphatic rings. The van der Waals surface area contributed by atoms with Crippen LogP contribution < -0.4 is 15.4 Å². The number of anilines is 1. The fraction of sp³-hybridized carbons (Fsp3) is 0.364. The maximum atomic E-state index is 12.0. The number of benzene rings is 1. The third-order valence-corrected chi connectivity index (χ3v) is 4.29. The highest BCUT2D eigenvalue weighted by Gasteiger charge is 2.26. The topological polar surface area (TPSA) is 87.3 Å². The van der Waals surface area contributed by atoms with Crippen molar-refractivity contribution in [3.63, 3.8) is 0 Å². The Morgan fingerprint density at radius 3 is 2.44 bits per heavy atom. The lowest BCUT2D eigenvalue weighted by atomic mass is 10.3. The fourth-order valence-electron chi connectivity index (χ4n) is 1.78. The molecule has 1 amide bonds. The van der Waals surface area contributed by atoms with Gasteiger partial charge >= 0.3 is 0 Å². The third-order valence-electron chi connectivity index (χ3n) is 2.75. The second kappa shape index (κ2) is 4.95. The van der Waals surface area contributed by atoms with Gasteiger partial charge in [0.05, 0.1) is 4.90 Å². The number of hydrogen-bond acceptors (Lipinski definition) is 4. The van der Waals surface area contributed by atoms with Crippen molar-refractivity contribution < 1.29 is 13.2 Å². The highest BCUT2D eigenvalue weighted by molar-refractivity contribution is 7.89. The van der Waals surface area contributed by atoms with Gasteiger partial charge in [-0.3, -0.25) is 4.79 Å². The summed E-state index contributed by atoms with van der Waals surface area (Å²) in [5.74, 6) is -0.131. The second-order valence-corrected chi connectivity index (χ2v) is 5.81. The van der Waals surface area contributed by atoms with Crippen LogP contribution in [0.3, 0.4) is 0 Å². The van der Waals surface area contributed by atoms with Crippen molar-refractivity contribution >= 4 is 21.6 Å². The van der Waals surface area contributed by atoms with Crippen LogP contribution in [0.15, 0.2) is 29.2 Å². The van der Waals surface area contributed by atoms with E-state index in [1.807, 2.05) is 0 Å². The van der Waals surface area contributed by atoms with Crippen LogP contribution in [-0.2, 0) is 14.8 Å². The van der Waals surface area contributed by atoms with E-state index in [9.17, 15) is 13.2 Å². The molecule has 1 heterocycles. The predicted octanol–water partition coefficient (Wildman–Crippen LogP) is -0.105. The number of nitrogens with one attached hydrogen (secondary N) is 3. The summed E-state index contributed by atoms with van der Waals surface area (Å²) >= 11 is 0. The van der Waals surface area contributed by atoms with Crippen LogP contribution in [0.2, 0.25) is 0 Å². The Labute approximate surface area is 106 Å². The second-order valence-electron chi connectivity index (χ2n) is 4.10. The zero-order valence-electron chi connectivity index (χ0n) is 9.93. The lowest BCUT2D eigenvalue weighted by molar-refractivity contribution is -0.119. The molecule has 0 spiro atoms. The molecule has 1 aromatic rings. The molecule has 0 saturated carbocycles. The Balaban J connectivity index is 2.12. The maximum absolute atomic E-state index is 12.0. The first-order chi connectivity index (χ1) is 8.51. The largest absolute Gasteiger partial charge is 0.388 e. The van der Waals surface area contributed by atoms with Gasteiger partial charge in [0.15, 0.2) is 0 Å². The van der Waals surface area contributed by atoms with Crippen molar-refractivity contribution in [2.75, 3.05) is 18.9 Å². The number of sulfonamides is 1. The quantitative estimate of drug-likeness (QED) is 0.712. The maximum Gasteiger partial charge on any atom is 0.240 e. The molecular formula is C11H15N3O3S. The zero-order chi connectivity index (χ0) is 13.2. The van der Waals surface area contributed by atoms with E-state index in [0.717, 1.165) is 5.69 Å². The van der Waals surface area contributed by atoms with Crippen LogP contribution in [0.1, 0.15) is 6.42 Å². The van der Waals surface area contributed by atoms with E-state index in [0.29, 0.717) is 6.54 Å². The number of hydrogen-bond donors (Lipinski definition) is 3.